The fourth-order valence-electron chi connectivity index (χ4n) is 4.01. The van der Waals surface area contributed by atoms with E-state index in [0.717, 1.165) is 31.0 Å². The van der Waals surface area contributed by atoms with Crippen LogP contribution in [0.15, 0.2) is 24.3 Å². The summed E-state index contributed by atoms with van der Waals surface area (Å²) in [6.07, 6.45) is 4.83. The second-order valence-corrected chi connectivity index (χ2v) is 6.60. The number of nitrogens with one attached hydrogen (secondary N) is 1. The van der Waals surface area contributed by atoms with Crippen molar-refractivity contribution in [1.82, 2.24) is 14.7 Å². The van der Waals surface area contributed by atoms with Crippen molar-refractivity contribution in [3.8, 4) is 11.8 Å². The average Bonchev–Trinajstić information content (AvgIpc) is 3.24. The van der Waals surface area contributed by atoms with E-state index in [1.54, 1.807) is 0 Å². The third-order valence-electron chi connectivity index (χ3n) is 5.26. The first-order chi connectivity index (χ1) is 11.8. The minimum atomic E-state index is 0.442. The van der Waals surface area contributed by atoms with E-state index in [9.17, 15) is 0 Å². The molecule has 1 unspecified atom stereocenters. The van der Waals surface area contributed by atoms with Gasteiger partial charge in [-0.3, -0.25) is 4.90 Å². The van der Waals surface area contributed by atoms with Crippen LogP contribution in [0.25, 0.3) is 5.69 Å². The smallest absolute Gasteiger partial charge is 0.133 e. The van der Waals surface area contributed by atoms with Crippen LogP contribution in [0.3, 0.4) is 0 Å². The molecule has 1 fully saturated rings. The molecule has 0 amide bonds. The summed E-state index contributed by atoms with van der Waals surface area (Å²) in [5.74, 6) is 1.14. The van der Waals surface area contributed by atoms with Gasteiger partial charge < -0.3 is 5.32 Å². The predicted octanol–water partition coefficient (Wildman–Crippen LogP) is 3.26. The summed E-state index contributed by atoms with van der Waals surface area (Å²) in [6.45, 7) is 5.48. The zero-order valence-corrected chi connectivity index (χ0v) is 14.1. The van der Waals surface area contributed by atoms with Crippen molar-refractivity contribution in [1.29, 1.82) is 5.26 Å². The maximum absolute atomic E-state index is 8.99. The van der Waals surface area contributed by atoms with Crippen LogP contribution in [0.2, 0.25) is 0 Å². The van der Waals surface area contributed by atoms with Gasteiger partial charge in [0.15, 0.2) is 0 Å². The van der Waals surface area contributed by atoms with Crippen LogP contribution >= 0.6 is 0 Å². The summed E-state index contributed by atoms with van der Waals surface area (Å²) >= 11 is 0. The lowest BCUT2D eigenvalue weighted by atomic mass is 9.96. The van der Waals surface area contributed by atoms with Crippen LogP contribution in [0.5, 0.6) is 0 Å². The van der Waals surface area contributed by atoms with Gasteiger partial charge in [0.05, 0.1) is 29.1 Å². The largest absolute Gasteiger partial charge is 0.369 e. The Balaban J connectivity index is 1.75. The standard InChI is InChI=1S/C19H23N5/c1-2-23-12-4-3-5-17(23)18-16-10-11-21-19(16)24(22-18)15-8-6-14(13-20)7-9-15/h6-9,17,21H,2-5,10-12H2,1H3. The molecule has 124 valence electrons. The normalized spacial score (nSPS) is 20.4. The van der Waals surface area contributed by atoms with Gasteiger partial charge in [0.25, 0.3) is 0 Å². The van der Waals surface area contributed by atoms with Crippen molar-refractivity contribution in [3.05, 3.63) is 41.1 Å². The van der Waals surface area contributed by atoms with Gasteiger partial charge in [0.2, 0.25) is 0 Å². The maximum Gasteiger partial charge on any atom is 0.133 e. The van der Waals surface area contributed by atoms with Gasteiger partial charge in [0.1, 0.15) is 5.82 Å². The maximum atomic E-state index is 8.99. The number of anilines is 1. The summed E-state index contributed by atoms with van der Waals surface area (Å²) in [4.78, 5) is 2.56. The van der Waals surface area contributed by atoms with Crippen molar-refractivity contribution in [2.75, 3.05) is 25.0 Å². The Bertz CT molecular complexity index is 768. The van der Waals surface area contributed by atoms with Crippen LogP contribution in [0.4, 0.5) is 5.82 Å². The Morgan fingerprint density at radius 1 is 1.29 bits per heavy atom. The van der Waals surface area contributed by atoms with E-state index >= 15 is 0 Å². The van der Waals surface area contributed by atoms with Crippen LogP contribution in [-0.4, -0.2) is 34.3 Å². The molecule has 4 rings (SSSR count). The minimum absolute atomic E-state index is 0.442. The number of rotatable bonds is 3. The molecule has 2 aromatic rings. The summed E-state index contributed by atoms with van der Waals surface area (Å²) in [5.41, 5.74) is 4.33. The highest BCUT2D eigenvalue weighted by Crippen LogP contribution is 2.37. The van der Waals surface area contributed by atoms with Gasteiger partial charge in [-0.25, -0.2) is 4.68 Å². The van der Waals surface area contributed by atoms with Crippen LogP contribution < -0.4 is 5.32 Å². The number of hydrogen-bond donors (Lipinski definition) is 1. The number of likely N-dealkylation sites (tertiary alicyclic amines) is 1. The van der Waals surface area contributed by atoms with E-state index in [-0.39, 0.29) is 0 Å². The summed E-state index contributed by atoms with van der Waals surface area (Å²) in [5, 5.41) is 17.5. The third-order valence-corrected chi connectivity index (χ3v) is 5.26. The molecule has 24 heavy (non-hydrogen) atoms. The number of fused-ring (bicyclic) bond motifs is 1. The number of hydrogen-bond acceptors (Lipinski definition) is 4. The first-order valence-electron chi connectivity index (χ1n) is 8.92. The van der Waals surface area contributed by atoms with Gasteiger partial charge in [-0.1, -0.05) is 13.3 Å². The van der Waals surface area contributed by atoms with Crippen molar-refractivity contribution < 1.29 is 0 Å². The monoisotopic (exact) mass is 321 g/mol. The SMILES string of the molecule is CCN1CCCCC1c1nn(-c2ccc(C#N)cc2)c2c1CCN2. The second-order valence-electron chi connectivity index (χ2n) is 6.60. The zero-order valence-electron chi connectivity index (χ0n) is 14.1. The molecular formula is C19H23N5. The van der Waals surface area contributed by atoms with E-state index in [2.05, 4.69) is 23.2 Å². The molecule has 0 bridgehead atoms. The number of benzene rings is 1. The van der Waals surface area contributed by atoms with Crippen molar-refractivity contribution in [2.45, 2.75) is 38.6 Å². The molecule has 1 N–H and O–H groups in total. The fourth-order valence-corrected chi connectivity index (χ4v) is 4.01. The number of nitrogens with zero attached hydrogens (tertiary/aromatic N) is 4. The molecule has 5 nitrogen and oxygen atoms in total. The van der Waals surface area contributed by atoms with Gasteiger partial charge >= 0.3 is 0 Å². The van der Waals surface area contributed by atoms with E-state index in [1.165, 1.54) is 37.1 Å². The highest BCUT2D eigenvalue weighted by atomic mass is 15.4. The molecule has 3 heterocycles. The first kappa shape index (κ1) is 15.2. The summed E-state index contributed by atoms with van der Waals surface area (Å²) in [7, 11) is 0. The molecule has 2 aliphatic rings. The molecule has 1 aromatic carbocycles. The fraction of sp³-hybridized carbons (Fsp3) is 0.474. The van der Waals surface area contributed by atoms with E-state index < -0.39 is 0 Å². The van der Waals surface area contributed by atoms with E-state index in [4.69, 9.17) is 10.4 Å². The van der Waals surface area contributed by atoms with Crippen molar-refractivity contribution >= 4 is 5.82 Å². The summed E-state index contributed by atoms with van der Waals surface area (Å²) < 4.78 is 2.03. The second kappa shape index (κ2) is 6.29. The van der Waals surface area contributed by atoms with E-state index in [0.29, 0.717) is 11.6 Å². The quantitative estimate of drug-likeness (QED) is 0.943. The molecular weight excluding hydrogens is 298 g/mol. The molecule has 0 radical (unpaired) electrons. The predicted molar refractivity (Wildman–Crippen MR) is 94.3 cm³/mol. The molecule has 1 atom stereocenters. The Morgan fingerprint density at radius 3 is 2.88 bits per heavy atom. The molecule has 0 saturated carbocycles. The Kier molecular flexibility index (Phi) is 3.99. The van der Waals surface area contributed by atoms with Gasteiger partial charge in [0, 0.05) is 12.1 Å². The third kappa shape index (κ3) is 2.47. The van der Waals surface area contributed by atoms with E-state index in [1.807, 2.05) is 28.9 Å². The van der Waals surface area contributed by atoms with Crippen molar-refractivity contribution in [3.63, 3.8) is 0 Å². The van der Waals surface area contributed by atoms with Crippen LogP contribution in [0.1, 0.15) is 49.0 Å². The van der Waals surface area contributed by atoms with Gasteiger partial charge in [-0.15, -0.1) is 0 Å². The number of aromatic nitrogens is 2. The lowest BCUT2D eigenvalue weighted by Gasteiger charge is -2.34. The van der Waals surface area contributed by atoms with Crippen LogP contribution in [0, 0.1) is 11.3 Å². The highest BCUT2D eigenvalue weighted by molar-refractivity contribution is 5.58. The Hall–Kier alpha value is -2.32. The topological polar surface area (TPSA) is 56.9 Å². The molecule has 0 spiro atoms. The number of piperidine rings is 1. The zero-order chi connectivity index (χ0) is 16.5. The Labute approximate surface area is 142 Å². The Morgan fingerprint density at radius 2 is 2.12 bits per heavy atom. The summed E-state index contributed by atoms with van der Waals surface area (Å²) in [6, 6.07) is 10.3. The van der Waals surface area contributed by atoms with Crippen LogP contribution in [-0.2, 0) is 6.42 Å². The van der Waals surface area contributed by atoms with Gasteiger partial charge in [-0.05, 0) is 56.6 Å². The lowest BCUT2D eigenvalue weighted by molar-refractivity contribution is 0.153. The molecule has 1 saturated heterocycles. The average molecular weight is 321 g/mol. The first-order valence-corrected chi connectivity index (χ1v) is 8.92. The number of nitriles is 1. The highest BCUT2D eigenvalue weighted by Gasteiger charge is 2.31. The molecule has 0 aliphatic carbocycles. The lowest BCUT2D eigenvalue weighted by Crippen LogP contribution is -2.33. The van der Waals surface area contributed by atoms with Crippen molar-refractivity contribution in [2.24, 2.45) is 0 Å². The molecule has 1 aromatic heterocycles. The minimum Gasteiger partial charge on any atom is -0.369 e. The molecule has 5 heteroatoms. The molecule has 2 aliphatic heterocycles. The van der Waals surface area contributed by atoms with Gasteiger partial charge in [-0.2, -0.15) is 10.4 Å².